The van der Waals surface area contributed by atoms with Crippen LogP contribution in [0.1, 0.15) is 45.4 Å². The lowest BCUT2D eigenvalue weighted by Crippen LogP contribution is -2.38. The molecule has 0 amide bonds. The van der Waals surface area contributed by atoms with Gasteiger partial charge in [-0.25, -0.2) is 4.98 Å². The first-order valence-corrected chi connectivity index (χ1v) is 9.69. The first-order valence-electron chi connectivity index (χ1n) is 8.88. The highest BCUT2D eigenvalue weighted by Gasteiger charge is 2.17. The zero-order valence-electron chi connectivity index (χ0n) is 16.3. The maximum atomic E-state index is 4.84. The number of thiazole rings is 1. The van der Waals surface area contributed by atoms with Crippen molar-refractivity contribution in [2.45, 2.75) is 52.6 Å². The minimum atomic E-state index is 0. The Labute approximate surface area is 177 Å². The Bertz CT molecular complexity index is 755. The molecule has 0 aliphatic heterocycles. The lowest BCUT2D eigenvalue weighted by molar-refractivity contribution is 0.474. The van der Waals surface area contributed by atoms with Crippen LogP contribution in [-0.4, -0.2) is 39.7 Å². The fourth-order valence-electron chi connectivity index (χ4n) is 3.38. The Morgan fingerprint density at radius 3 is 2.65 bits per heavy atom. The van der Waals surface area contributed by atoms with Gasteiger partial charge in [0.05, 0.1) is 17.9 Å². The molecule has 2 aromatic rings. The van der Waals surface area contributed by atoms with E-state index in [4.69, 9.17) is 4.98 Å². The van der Waals surface area contributed by atoms with Crippen molar-refractivity contribution in [2.75, 3.05) is 14.1 Å². The van der Waals surface area contributed by atoms with Gasteiger partial charge in [-0.2, -0.15) is 5.10 Å². The van der Waals surface area contributed by atoms with Crippen molar-refractivity contribution in [3.8, 4) is 0 Å². The third-order valence-corrected chi connectivity index (χ3v) is 6.06. The maximum Gasteiger partial charge on any atom is 0.194 e. The number of halogens is 1. The molecule has 0 atom stereocenters. The molecular weight excluding hydrogens is 459 g/mol. The number of hydrogen-bond acceptors (Lipinski definition) is 4. The maximum absolute atomic E-state index is 4.84. The zero-order valence-corrected chi connectivity index (χ0v) is 19.4. The Morgan fingerprint density at radius 2 is 2.04 bits per heavy atom. The monoisotopic (exact) mass is 488 g/mol. The topological polar surface area (TPSA) is 58.3 Å². The molecule has 0 unspecified atom stereocenters. The summed E-state index contributed by atoms with van der Waals surface area (Å²) in [4.78, 5) is 12.9. The van der Waals surface area contributed by atoms with Crippen LogP contribution in [0.5, 0.6) is 0 Å². The van der Waals surface area contributed by atoms with Crippen LogP contribution in [0.4, 0.5) is 0 Å². The van der Waals surface area contributed by atoms with E-state index in [2.05, 4.69) is 41.2 Å². The number of aliphatic imine (C=N–C) groups is 1. The molecule has 0 aromatic carbocycles. The van der Waals surface area contributed by atoms with Gasteiger partial charge in [-0.3, -0.25) is 9.67 Å². The van der Waals surface area contributed by atoms with Gasteiger partial charge in [-0.15, -0.1) is 35.3 Å². The molecule has 144 valence electrons. The molecule has 8 heteroatoms. The highest BCUT2D eigenvalue weighted by molar-refractivity contribution is 14.0. The predicted molar refractivity (Wildman–Crippen MR) is 119 cm³/mol. The Morgan fingerprint density at radius 1 is 1.31 bits per heavy atom. The van der Waals surface area contributed by atoms with Crippen LogP contribution in [0.3, 0.4) is 0 Å². The van der Waals surface area contributed by atoms with E-state index in [1.54, 1.807) is 0 Å². The summed E-state index contributed by atoms with van der Waals surface area (Å²) in [7, 11) is 5.88. The quantitative estimate of drug-likeness (QED) is 0.408. The van der Waals surface area contributed by atoms with E-state index in [-0.39, 0.29) is 24.0 Å². The zero-order chi connectivity index (χ0) is 18.0. The van der Waals surface area contributed by atoms with Gasteiger partial charge < -0.3 is 10.2 Å². The second-order valence-corrected chi connectivity index (χ2v) is 7.88. The first kappa shape index (κ1) is 21.1. The minimum absolute atomic E-state index is 0. The molecule has 1 N–H and O–H groups in total. The number of guanidine groups is 1. The molecule has 1 aliphatic carbocycles. The smallest absolute Gasteiger partial charge is 0.194 e. The molecule has 0 radical (unpaired) electrons. The van der Waals surface area contributed by atoms with Gasteiger partial charge in [0.15, 0.2) is 5.96 Å². The summed E-state index contributed by atoms with van der Waals surface area (Å²) in [5, 5.41) is 9.13. The van der Waals surface area contributed by atoms with Crippen LogP contribution >= 0.6 is 35.3 Å². The van der Waals surface area contributed by atoms with E-state index in [1.165, 1.54) is 46.1 Å². The second-order valence-electron chi connectivity index (χ2n) is 6.71. The molecule has 0 fully saturated rings. The number of aromatic nitrogens is 3. The molecule has 26 heavy (non-hydrogen) atoms. The van der Waals surface area contributed by atoms with Gasteiger partial charge in [0, 0.05) is 43.8 Å². The number of fused-ring (bicyclic) bond motifs is 1. The van der Waals surface area contributed by atoms with E-state index in [1.807, 2.05) is 30.1 Å². The third kappa shape index (κ3) is 4.57. The molecule has 3 rings (SSSR count). The minimum Gasteiger partial charge on any atom is -0.352 e. The number of rotatable bonds is 4. The summed E-state index contributed by atoms with van der Waals surface area (Å²) in [6.45, 7) is 5.68. The van der Waals surface area contributed by atoms with E-state index < -0.39 is 0 Å². The van der Waals surface area contributed by atoms with E-state index >= 15 is 0 Å². The predicted octanol–water partition coefficient (Wildman–Crippen LogP) is 3.20. The normalized spacial score (nSPS) is 14.0. The van der Waals surface area contributed by atoms with E-state index in [0.717, 1.165) is 31.2 Å². The van der Waals surface area contributed by atoms with Crippen molar-refractivity contribution in [2.24, 2.45) is 12.0 Å². The van der Waals surface area contributed by atoms with Gasteiger partial charge in [-0.1, -0.05) is 0 Å². The van der Waals surface area contributed by atoms with E-state index in [9.17, 15) is 0 Å². The van der Waals surface area contributed by atoms with Crippen LogP contribution in [0, 0.1) is 13.8 Å². The molecule has 2 heterocycles. The lowest BCUT2D eigenvalue weighted by Gasteiger charge is -2.21. The van der Waals surface area contributed by atoms with Gasteiger partial charge >= 0.3 is 0 Å². The Balaban J connectivity index is 0.00000243. The van der Waals surface area contributed by atoms with Crippen LogP contribution < -0.4 is 5.32 Å². The first-order chi connectivity index (χ1) is 12.0. The summed E-state index contributed by atoms with van der Waals surface area (Å²) in [5.74, 6) is 0.885. The lowest BCUT2D eigenvalue weighted by atomic mass is 10.0. The highest BCUT2D eigenvalue weighted by atomic mass is 127. The average molecular weight is 488 g/mol. The van der Waals surface area contributed by atoms with Crippen molar-refractivity contribution in [1.29, 1.82) is 0 Å². The van der Waals surface area contributed by atoms with Crippen molar-refractivity contribution in [1.82, 2.24) is 25.0 Å². The van der Waals surface area contributed by atoms with Gasteiger partial charge in [-0.05, 0) is 39.5 Å². The Kier molecular flexibility index (Phi) is 7.45. The molecule has 0 spiro atoms. The summed E-state index contributed by atoms with van der Waals surface area (Å²) >= 11 is 1.87. The third-order valence-electron chi connectivity index (χ3n) is 4.92. The summed E-state index contributed by atoms with van der Waals surface area (Å²) in [6.07, 6.45) is 4.92. The van der Waals surface area contributed by atoms with Crippen LogP contribution in [0.15, 0.2) is 4.99 Å². The van der Waals surface area contributed by atoms with E-state index in [0.29, 0.717) is 0 Å². The van der Waals surface area contributed by atoms with Crippen molar-refractivity contribution >= 4 is 41.3 Å². The summed E-state index contributed by atoms with van der Waals surface area (Å²) in [6, 6.07) is 0. The number of nitrogens with zero attached hydrogens (tertiary/aromatic N) is 5. The van der Waals surface area contributed by atoms with Crippen molar-refractivity contribution < 1.29 is 0 Å². The van der Waals surface area contributed by atoms with Gasteiger partial charge in [0.25, 0.3) is 0 Å². The second kappa shape index (κ2) is 9.16. The number of hydrogen-bond donors (Lipinski definition) is 1. The standard InChI is InChI=1S/C18H28N6S.HI/c1-12-14(13(2)24(5)22-12)10-20-18(19-3)23(4)11-17-21-15-8-6-7-9-16(15)25-17;/h6-11H2,1-5H3,(H,19,20);1H. The van der Waals surface area contributed by atoms with Crippen LogP contribution in [0.2, 0.25) is 0 Å². The highest BCUT2D eigenvalue weighted by Crippen LogP contribution is 2.27. The largest absolute Gasteiger partial charge is 0.352 e. The summed E-state index contributed by atoms with van der Waals surface area (Å²) in [5.41, 5.74) is 4.82. The Hall–Kier alpha value is -1.16. The van der Waals surface area contributed by atoms with Crippen LogP contribution in [-0.2, 0) is 33.0 Å². The molecule has 0 saturated heterocycles. The number of aryl methyl sites for hydroxylation is 4. The average Bonchev–Trinajstić information content (AvgIpc) is 3.09. The van der Waals surface area contributed by atoms with Crippen molar-refractivity contribution in [3.63, 3.8) is 0 Å². The fraction of sp³-hybridized carbons (Fsp3) is 0.611. The molecule has 6 nitrogen and oxygen atoms in total. The van der Waals surface area contributed by atoms with Gasteiger partial charge in [0.1, 0.15) is 5.01 Å². The fourth-order valence-corrected chi connectivity index (χ4v) is 4.59. The van der Waals surface area contributed by atoms with Crippen molar-refractivity contribution in [3.05, 3.63) is 32.5 Å². The van der Waals surface area contributed by atoms with Gasteiger partial charge in [0.2, 0.25) is 0 Å². The molecule has 0 bridgehead atoms. The summed E-state index contributed by atoms with van der Waals surface area (Å²) < 4.78 is 1.93. The van der Waals surface area contributed by atoms with Crippen LogP contribution in [0.25, 0.3) is 0 Å². The molecule has 0 saturated carbocycles. The molecule has 2 aromatic heterocycles. The number of nitrogens with one attached hydrogen (secondary N) is 1. The SMILES string of the molecule is CN=C(NCc1c(C)nn(C)c1C)N(C)Cc1nc2c(s1)CCCC2.I. The molecular formula is C18H29IN6S. The molecule has 1 aliphatic rings.